The zero-order valence-corrected chi connectivity index (χ0v) is 11.3. The summed E-state index contributed by atoms with van der Waals surface area (Å²) in [5.74, 6) is 0.846. The van der Waals surface area contributed by atoms with Crippen LogP contribution in [0.3, 0.4) is 0 Å². The van der Waals surface area contributed by atoms with Gasteiger partial charge in [0.25, 0.3) is 0 Å². The molecular weight excluding hydrogens is 192 g/mol. The second-order valence-electron chi connectivity index (χ2n) is 5.19. The number of rotatable bonds is 5. The Morgan fingerprint density at radius 3 is 2.43 bits per heavy atom. The van der Waals surface area contributed by atoms with Gasteiger partial charge in [0.1, 0.15) is 0 Å². The smallest absolute Gasteiger partial charge is 0.187 e. The van der Waals surface area contributed by atoms with Gasteiger partial charge in [-0.1, -0.05) is 12.8 Å². The fourth-order valence-electron chi connectivity index (χ4n) is 1.83. The maximum absolute atomic E-state index is 5.71. The van der Waals surface area contributed by atoms with E-state index in [0.717, 1.165) is 18.8 Å². The van der Waals surface area contributed by atoms with Crippen molar-refractivity contribution in [1.82, 2.24) is 0 Å². The minimum absolute atomic E-state index is 0.0307. The molecule has 2 nitrogen and oxygen atoms in total. The van der Waals surface area contributed by atoms with Crippen LogP contribution in [0, 0.1) is 5.92 Å². The van der Waals surface area contributed by atoms with E-state index in [1.807, 2.05) is 0 Å². The second-order valence-corrected chi connectivity index (χ2v) is 6.29. The van der Waals surface area contributed by atoms with E-state index in [9.17, 15) is 0 Å². The Bertz CT molecular complexity index is 148. The molecule has 84 valence electrons. The molecule has 1 aliphatic rings. The third-order valence-corrected chi connectivity index (χ3v) is 4.12. The van der Waals surface area contributed by atoms with E-state index in [1.54, 1.807) is 0 Å². The van der Waals surface area contributed by atoms with E-state index in [2.05, 4.69) is 20.8 Å². The average Bonchev–Trinajstić information content (AvgIpc) is 2.54. The first-order chi connectivity index (χ1) is 6.58. The topological polar surface area (TPSA) is 18.5 Å². The van der Waals surface area contributed by atoms with E-state index in [-0.39, 0.29) is 5.60 Å². The molecule has 0 heterocycles. The lowest BCUT2D eigenvalue weighted by molar-refractivity contribution is 0.0987. The zero-order chi connectivity index (χ0) is 10.4. The molecule has 1 rings (SSSR count). The zero-order valence-electron chi connectivity index (χ0n) is 9.84. The lowest BCUT2D eigenvalue weighted by Gasteiger charge is -2.20. The summed E-state index contributed by atoms with van der Waals surface area (Å²) in [6, 6.07) is 0. The molecule has 0 unspecified atom stereocenters. The van der Waals surface area contributed by atoms with Crippen LogP contribution in [0.4, 0.5) is 0 Å². The number of hydrogen-bond donors (Lipinski definition) is 0. The highest BCUT2D eigenvalue weighted by molar-refractivity contribution is 6.26. The SMILES string of the molecule is CC(C)(C)O[SiH2]COCC1CCCC1. The Morgan fingerprint density at radius 2 is 1.86 bits per heavy atom. The molecular formula is C11H24O2Si. The van der Waals surface area contributed by atoms with Crippen LogP contribution >= 0.6 is 0 Å². The van der Waals surface area contributed by atoms with Crippen LogP contribution in [0.25, 0.3) is 0 Å². The van der Waals surface area contributed by atoms with Crippen LogP contribution in [0.5, 0.6) is 0 Å². The summed E-state index contributed by atoms with van der Waals surface area (Å²) in [5, 5.41) is 0. The van der Waals surface area contributed by atoms with Gasteiger partial charge in [0.2, 0.25) is 0 Å². The van der Waals surface area contributed by atoms with Gasteiger partial charge < -0.3 is 9.16 Å². The van der Waals surface area contributed by atoms with Crippen molar-refractivity contribution in [2.24, 2.45) is 5.92 Å². The van der Waals surface area contributed by atoms with Gasteiger partial charge in [-0.15, -0.1) is 0 Å². The molecule has 1 aliphatic carbocycles. The van der Waals surface area contributed by atoms with Crippen molar-refractivity contribution in [2.75, 3.05) is 12.8 Å². The number of hydrogen-bond acceptors (Lipinski definition) is 2. The van der Waals surface area contributed by atoms with E-state index >= 15 is 0 Å². The largest absolute Gasteiger partial charge is 0.417 e. The van der Waals surface area contributed by atoms with E-state index in [1.165, 1.54) is 25.7 Å². The summed E-state index contributed by atoms with van der Waals surface area (Å²) in [4.78, 5) is 0. The summed E-state index contributed by atoms with van der Waals surface area (Å²) in [5.41, 5.74) is 0.0307. The summed E-state index contributed by atoms with van der Waals surface area (Å²) >= 11 is 0. The van der Waals surface area contributed by atoms with Crippen LogP contribution in [0.1, 0.15) is 46.5 Å². The van der Waals surface area contributed by atoms with Gasteiger partial charge in [0.05, 0.1) is 6.23 Å². The predicted molar refractivity (Wildman–Crippen MR) is 62.2 cm³/mol. The van der Waals surface area contributed by atoms with E-state index < -0.39 is 9.76 Å². The Kier molecular flexibility index (Phi) is 5.13. The lowest BCUT2D eigenvalue weighted by atomic mass is 10.1. The predicted octanol–water partition coefficient (Wildman–Crippen LogP) is 2.05. The molecule has 0 atom stereocenters. The molecule has 14 heavy (non-hydrogen) atoms. The molecule has 0 spiro atoms. The Labute approximate surface area is 90.3 Å². The van der Waals surface area contributed by atoms with Crippen molar-refractivity contribution in [3.63, 3.8) is 0 Å². The van der Waals surface area contributed by atoms with Crippen molar-refractivity contribution in [3.05, 3.63) is 0 Å². The van der Waals surface area contributed by atoms with Crippen LogP contribution in [0.15, 0.2) is 0 Å². The minimum atomic E-state index is -0.453. The van der Waals surface area contributed by atoms with Gasteiger partial charge in [-0.3, -0.25) is 0 Å². The third-order valence-electron chi connectivity index (χ3n) is 2.59. The molecule has 0 bridgehead atoms. The van der Waals surface area contributed by atoms with Crippen molar-refractivity contribution >= 4 is 9.76 Å². The third kappa shape index (κ3) is 5.78. The molecule has 0 saturated heterocycles. The maximum atomic E-state index is 5.71. The molecule has 1 saturated carbocycles. The van der Waals surface area contributed by atoms with Crippen molar-refractivity contribution in [2.45, 2.75) is 52.1 Å². The quantitative estimate of drug-likeness (QED) is 0.517. The van der Waals surface area contributed by atoms with Crippen LogP contribution in [-0.4, -0.2) is 28.2 Å². The Morgan fingerprint density at radius 1 is 1.21 bits per heavy atom. The summed E-state index contributed by atoms with van der Waals surface area (Å²) in [6.45, 7) is 7.30. The first kappa shape index (κ1) is 12.2. The van der Waals surface area contributed by atoms with Gasteiger partial charge in [-0.05, 0) is 39.5 Å². The van der Waals surface area contributed by atoms with Gasteiger partial charge >= 0.3 is 0 Å². The fraction of sp³-hybridized carbons (Fsp3) is 1.00. The minimum Gasteiger partial charge on any atom is -0.417 e. The van der Waals surface area contributed by atoms with Gasteiger partial charge in [0, 0.05) is 12.2 Å². The monoisotopic (exact) mass is 216 g/mol. The van der Waals surface area contributed by atoms with Crippen molar-refractivity contribution < 1.29 is 9.16 Å². The fourth-order valence-corrected chi connectivity index (χ4v) is 2.81. The highest BCUT2D eigenvalue weighted by Gasteiger charge is 2.15. The highest BCUT2D eigenvalue weighted by atomic mass is 28.2. The van der Waals surface area contributed by atoms with Crippen molar-refractivity contribution in [1.29, 1.82) is 0 Å². The molecule has 0 aromatic carbocycles. The highest BCUT2D eigenvalue weighted by Crippen LogP contribution is 2.24. The first-order valence-electron chi connectivity index (χ1n) is 5.79. The number of ether oxygens (including phenoxy) is 1. The van der Waals surface area contributed by atoms with Crippen LogP contribution in [-0.2, 0) is 9.16 Å². The van der Waals surface area contributed by atoms with Gasteiger partial charge in [-0.2, -0.15) is 0 Å². The molecule has 0 aliphatic heterocycles. The summed E-state index contributed by atoms with van der Waals surface area (Å²) < 4.78 is 11.4. The Hall–Kier alpha value is 0.137. The van der Waals surface area contributed by atoms with Crippen molar-refractivity contribution in [3.8, 4) is 0 Å². The van der Waals surface area contributed by atoms with Crippen LogP contribution < -0.4 is 0 Å². The average molecular weight is 216 g/mol. The first-order valence-corrected chi connectivity index (χ1v) is 7.37. The molecule has 0 aromatic rings. The van der Waals surface area contributed by atoms with E-state index in [0.29, 0.717) is 0 Å². The normalized spacial score (nSPS) is 19.9. The standard InChI is InChI=1S/C11H24O2Si/c1-11(2,3)13-14-9-12-8-10-6-4-5-7-10/h10H,4-9,14H2,1-3H3. The molecule has 1 fully saturated rings. The van der Waals surface area contributed by atoms with Crippen LogP contribution in [0.2, 0.25) is 0 Å². The second kappa shape index (κ2) is 5.88. The molecule has 0 radical (unpaired) electrons. The summed E-state index contributed by atoms with van der Waals surface area (Å²) in [6.07, 6.45) is 6.45. The molecule has 0 aromatic heterocycles. The lowest BCUT2D eigenvalue weighted by Crippen LogP contribution is -2.24. The van der Waals surface area contributed by atoms with Gasteiger partial charge in [-0.25, -0.2) is 0 Å². The van der Waals surface area contributed by atoms with E-state index in [4.69, 9.17) is 9.16 Å². The van der Waals surface area contributed by atoms with Gasteiger partial charge in [0.15, 0.2) is 9.76 Å². The molecule has 0 amide bonds. The maximum Gasteiger partial charge on any atom is 0.187 e. The molecule has 3 heteroatoms. The Balaban J connectivity index is 1.89. The molecule has 0 N–H and O–H groups in total. The summed E-state index contributed by atoms with van der Waals surface area (Å²) in [7, 11) is -0.453.